The summed E-state index contributed by atoms with van der Waals surface area (Å²) in [6.45, 7) is 1.11. The first-order chi connectivity index (χ1) is 15.0. The number of aryl methyl sites for hydroxylation is 2. The summed E-state index contributed by atoms with van der Waals surface area (Å²) in [5, 5.41) is 12.3. The summed E-state index contributed by atoms with van der Waals surface area (Å²) in [5.41, 5.74) is 2.35. The second-order valence-electron chi connectivity index (χ2n) is 8.09. The van der Waals surface area contributed by atoms with Gasteiger partial charge in [-0.05, 0) is 68.4 Å². The number of anilines is 1. The lowest BCUT2D eigenvalue weighted by Gasteiger charge is -2.25. The number of amides is 1. The number of carbonyl (C=O) groups is 1. The van der Waals surface area contributed by atoms with Gasteiger partial charge in [0.05, 0.1) is 16.8 Å². The third-order valence-electron chi connectivity index (χ3n) is 6.07. The van der Waals surface area contributed by atoms with Crippen molar-refractivity contribution in [2.75, 3.05) is 18.4 Å². The summed E-state index contributed by atoms with van der Waals surface area (Å²) in [7, 11) is -3.51. The van der Waals surface area contributed by atoms with Gasteiger partial charge in [-0.2, -0.15) is 9.40 Å². The minimum absolute atomic E-state index is 0.228. The van der Waals surface area contributed by atoms with E-state index in [0.29, 0.717) is 24.3 Å². The summed E-state index contributed by atoms with van der Waals surface area (Å²) in [6, 6.07) is 6.18. The van der Waals surface area contributed by atoms with E-state index in [1.165, 1.54) is 33.3 Å². The van der Waals surface area contributed by atoms with Crippen LogP contribution in [0.3, 0.4) is 0 Å². The number of thiophene rings is 1. The molecule has 162 valence electrons. The zero-order valence-corrected chi connectivity index (χ0v) is 18.8. The van der Waals surface area contributed by atoms with E-state index in [1.54, 1.807) is 29.7 Å². The zero-order chi connectivity index (χ0) is 21.4. The quantitative estimate of drug-likeness (QED) is 0.641. The highest BCUT2D eigenvalue weighted by Gasteiger charge is 2.26. The van der Waals surface area contributed by atoms with Gasteiger partial charge >= 0.3 is 0 Å². The Labute approximate surface area is 185 Å². The Balaban J connectivity index is 1.38. The van der Waals surface area contributed by atoms with E-state index >= 15 is 0 Å². The molecule has 2 aliphatic rings. The highest BCUT2D eigenvalue weighted by Crippen LogP contribution is 2.38. The van der Waals surface area contributed by atoms with Crippen molar-refractivity contribution in [1.29, 1.82) is 0 Å². The normalized spacial score (nSPS) is 17.4. The smallest absolute Gasteiger partial charge is 0.255 e. The minimum atomic E-state index is -3.51. The van der Waals surface area contributed by atoms with Crippen LogP contribution >= 0.6 is 11.3 Å². The Bertz CT molecular complexity index is 1230. The number of carbonyl (C=O) groups excluding carboxylic acids is 1. The molecule has 0 atom stereocenters. The molecule has 1 saturated heterocycles. The molecular weight excluding hydrogens is 432 g/mol. The Hall–Kier alpha value is -2.36. The lowest BCUT2D eigenvalue weighted by Crippen LogP contribution is -2.35. The molecule has 3 heterocycles. The monoisotopic (exact) mass is 456 g/mol. The SMILES string of the molecule is O=C(Nc1cnnc2sc3c(c12)CCCC3)c1ccc(S(=O)(=O)N2CCCCC2)cc1. The zero-order valence-electron chi connectivity index (χ0n) is 17.1. The molecule has 1 aliphatic heterocycles. The van der Waals surface area contributed by atoms with Crippen LogP contribution in [0.4, 0.5) is 5.69 Å². The van der Waals surface area contributed by atoms with Crippen molar-refractivity contribution in [1.82, 2.24) is 14.5 Å². The number of rotatable bonds is 4. The molecule has 5 rings (SSSR count). The number of fused-ring (bicyclic) bond motifs is 3. The van der Waals surface area contributed by atoms with Gasteiger partial charge in [-0.25, -0.2) is 8.42 Å². The van der Waals surface area contributed by atoms with E-state index < -0.39 is 10.0 Å². The molecule has 9 heteroatoms. The van der Waals surface area contributed by atoms with Crippen LogP contribution in [0, 0.1) is 0 Å². The molecule has 1 fully saturated rings. The fraction of sp³-hybridized carbons (Fsp3) is 0.409. The van der Waals surface area contributed by atoms with Gasteiger partial charge in [0.15, 0.2) is 0 Å². The Kier molecular flexibility index (Phi) is 5.49. The first-order valence-corrected chi connectivity index (χ1v) is 13.0. The highest BCUT2D eigenvalue weighted by atomic mass is 32.2. The molecule has 2 aromatic heterocycles. The number of hydrogen-bond acceptors (Lipinski definition) is 6. The second kappa shape index (κ2) is 8.29. The molecule has 7 nitrogen and oxygen atoms in total. The number of aromatic nitrogens is 2. The molecule has 1 aliphatic carbocycles. The summed E-state index contributed by atoms with van der Waals surface area (Å²) < 4.78 is 27.2. The van der Waals surface area contributed by atoms with Gasteiger partial charge in [-0.1, -0.05) is 6.42 Å². The molecular formula is C22H24N4O3S2. The molecule has 31 heavy (non-hydrogen) atoms. The first-order valence-electron chi connectivity index (χ1n) is 10.7. The van der Waals surface area contributed by atoms with Crippen LogP contribution in [0.5, 0.6) is 0 Å². The lowest BCUT2D eigenvalue weighted by molar-refractivity contribution is 0.102. The molecule has 0 saturated carbocycles. The number of benzene rings is 1. The fourth-order valence-electron chi connectivity index (χ4n) is 4.43. The Morgan fingerprint density at radius 2 is 1.74 bits per heavy atom. The van der Waals surface area contributed by atoms with Gasteiger partial charge < -0.3 is 5.32 Å². The third kappa shape index (κ3) is 3.86. The van der Waals surface area contributed by atoms with Gasteiger partial charge in [0, 0.05) is 28.9 Å². The molecule has 0 spiro atoms. The minimum Gasteiger partial charge on any atom is -0.320 e. The molecule has 1 amide bonds. The number of piperidine rings is 1. The van der Waals surface area contributed by atoms with Crippen molar-refractivity contribution in [2.45, 2.75) is 49.8 Å². The molecule has 1 N–H and O–H groups in total. The van der Waals surface area contributed by atoms with Crippen LogP contribution in [0.25, 0.3) is 10.2 Å². The van der Waals surface area contributed by atoms with Crippen LogP contribution in [0.15, 0.2) is 35.4 Å². The molecule has 0 radical (unpaired) electrons. The van der Waals surface area contributed by atoms with Gasteiger partial charge in [0.2, 0.25) is 10.0 Å². The van der Waals surface area contributed by atoms with Crippen molar-refractivity contribution in [2.24, 2.45) is 0 Å². The first kappa shape index (κ1) is 20.5. The van der Waals surface area contributed by atoms with Crippen molar-refractivity contribution in [3.05, 3.63) is 46.5 Å². The molecule has 0 unspecified atom stereocenters. The maximum atomic E-state index is 12.9. The van der Waals surface area contributed by atoms with Crippen LogP contribution in [0.2, 0.25) is 0 Å². The van der Waals surface area contributed by atoms with Gasteiger partial charge in [-0.15, -0.1) is 16.4 Å². The van der Waals surface area contributed by atoms with Crippen LogP contribution in [-0.4, -0.2) is 41.9 Å². The number of nitrogens with zero attached hydrogens (tertiary/aromatic N) is 3. The predicted molar refractivity (Wildman–Crippen MR) is 121 cm³/mol. The van der Waals surface area contributed by atoms with Crippen molar-refractivity contribution >= 4 is 43.2 Å². The van der Waals surface area contributed by atoms with E-state index in [4.69, 9.17) is 0 Å². The predicted octanol–water partition coefficient (Wildman–Crippen LogP) is 4.00. The Morgan fingerprint density at radius 1 is 1.00 bits per heavy atom. The van der Waals surface area contributed by atoms with Gasteiger partial charge in [0.25, 0.3) is 5.91 Å². The van der Waals surface area contributed by atoms with Crippen LogP contribution in [-0.2, 0) is 22.9 Å². The van der Waals surface area contributed by atoms with Gasteiger partial charge in [-0.3, -0.25) is 4.79 Å². The van der Waals surface area contributed by atoms with Crippen molar-refractivity contribution < 1.29 is 13.2 Å². The van der Waals surface area contributed by atoms with Crippen molar-refractivity contribution in [3.8, 4) is 0 Å². The summed E-state index contributed by atoms with van der Waals surface area (Å²) in [4.78, 5) is 15.3. The molecule has 3 aromatic rings. The highest BCUT2D eigenvalue weighted by molar-refractivity contribution is 7.89. The fourth-order valence-corrected chi connectivity index (χ4v) is 7.17. The third-order valence-corrected chi connectivity index (χ3v) is 9.16. The Morgan fingerprint density at radius 3 is 2.52 bits per heavy atom. The summed E-state index contributed by atoms with van der Waals surface area (Å²) in [6.07, 6.45) is 8.81. The number of nitrogens with one attached hydrogen (secondary N) is 1. The van der Waals surface area contributed by atoms with Crippen LogP contribution in [0.1, 0.15) is 52.9 Å². The summed E-state index contributed by atoms with van der Waals surface area (Å²) >= 11 is 1.66. The van der Waals surface area contributed by atoms with E-state index in [2.05, 4.69) is 15.5 Å². The van der Waals surface area contributed by atoms with Crippen molar-refractivity contribution in [3.63, 3.8) is 0 Å². The van der Waals surface area contributed by atoms with Crippen LogP contribution < -0.4 is 5.32 Å². The second-order valence-corrected chi connectivity index (χ2v) is 11.1. The number of sulfonamides is 1. The lowest BCUT2D eigenvalue weighted by atomic mass is 9.96. The largest absolute Gasteiger partial charge is 0.320 e. The van der Waals surface area contributed by atoms with E-state index in [1.807, 2.05) is 0 Å². The van der Waals surface area contributed by atoms with Gasteiger partial charge in [0.1, 0.15) is 4.83 Å². The average Bonchev–Trinajstić information content (AvgIpc) is 3.19. The summed E-state index contributed by atoms with van der Waals surface area (Å²) in [5.74, 6) is -0.285. The average molecular weight is 457 g/mol. The molecule has 0 bridgehead atoms. The topological polar surface area (TPSA) is 92.3 Å². The molecule has 1 aromatic carbocycles. The maximum absolute atomic E-state index is 12.9. The number of hydrogen-bond donors (Lipinski definition) is 1. The van der Waals surface area contributed by atoms with E-state index in [9.17, 15) is 13.2 Å². The van der Waals surface area contributed by atoms with E-state index in [0.717, 1.165) is 48.7 Å². The van der Waals surface area contributed by atoms with E-state index in [-0.39, 0.29) is 10.8 Å². The standard InChI is InChI=1S/C22H24N4O3S2/c27-21(15-8-10-16(11-9-15)31(28,29)26-12-4-1-5-13-26)24-18-14-23-25-22-20(18)17-6-2-3-7-19(17)30-22/h8-11,14H,1-7,12-13H2,(H,24,25,27). The maximum Gasteiger partial charge on any atom is 0.255 e.